The topological polar surface area (TPSA) is 49.6 Å². The van der Waals surface area contributed by atoms with Crippen LogP contribution in [0.3, 0.4) is 0 Å². The van der Waals surface area contributed by atoms with Crippen LogP contribution in [0.4, 0.5) is 5.69 Å². The maximum Gasteiger partial charge on any atom is 0.240 e. The minimum absolute atomic E-state index is 0.0268. The highest BCUT2D eigenvalue weighted by atomic mass is 16.2. The van der Waals surface area contributed by atoms with Crippen LogP contribution in [-0.4, -0.2) is 37.0 Å². The molecule has 1 atom stereocenters. The van der Waals surface area contributed by atoms with Crippen LogP contribution >= 0.6 is 0 Å². The molecule has 3 rings (SSSR count). The molecule has 23 heavy (non-hydrogen) atoms. The van der Waals surface area contributed by atoms with Gasteiger partial charge in [0.05, 0.1) is 6.04 Å². The number of anilines is 1. The van der Waals surface area contributed by atoms with Gasteiger partial charge in [0.2, 0.25) is 5.91 Å². The Hall–Kier alpha value is -2.33. The Morgan fingerprint density at radius 2 is 1.78 bits per heavy atom. The summed E-state index contributed by atoms with van der Waals surface area (Å²) in [6.07, 6.45) is 0.577. The molecule has 0 radical (unpaired) electrons. The van der Waals surface area contributed by atoms with Crippen LogP contribution in [0, 0.1) is 0 Å². The van der Waals surface area contributed by atoms with Crippen LogP contribution in [0.5, 0.6) is 0 Å². The minimum atomic E-state index is -0.493. The third-order valence-electron chi connectivity index (χ3n) is 4.40. The molecule has 1 amide bonds. The molecular formula is C19H23N3O. The van der Waals surface area contributed by atoms with Crippen LogP contribution in [0.15, 0.2) is 54.6 Å². The molecule has 1 aliphatic rings. The highest BCUT2D eigenvalue weighted by molar-refractivity contribution is 5.82. The van der Waals surface area contributed by atoms with Gasteiger partial charge in [-0.25, -0.2) is 0 Å². The van der Waals surface area contributed by atoms with Crippen LogP contribution in [0.1, 0.15) is 11.1 Å². The lowest BCUT2D eigenvalue weighted by Gasteiger charge is -2.24. The molecule has 2 aromatic rings. The Kier molecular flexibility index (Phi) is 4.63. The number of nitrogens with zero attached hydrogens (tertiary/aromatic N) is 2. The number of likely N-dealkylation sites (N-methyl/N-ethyl adjacent to an activating group) is 1. The summed E-state index contributed by atoms with van der Waals surface area (Å²) in [5, 5.41) is 0. The quantitative estimate of drug-likeness (QED) is 0.944. The van der Waals surface area contributed by atoms with Gasteiger partial charge in [0, 0.05) is 32.4 Å². The summed E-state index contributed by atoms with van der Waals surface area (Å²) < 4.78 is 0. The van der Waals surface area contributed by atoms with Crippen LogP contribution in [0.2, 0.25) is 0 Å². The van der Waals surface area contributed by atoms with Crippen molar-refractivity contribution >= 4 is 11.6 Å². The van der Waals surface area contributed by atoms with Crippen molar-refractivity contribution < 1.29 is 4.79 Å². The van der Waals surface area contributed by atoms with E-state index in [1.54, 1.807) is 0 Å². The zero-order chi connectivity index (χ0) is 16.2. The number of hydrogen-bond acceptors (Lipinski definition) is 3. The minimum Gasteiger partial charge on any atom is -0.373 e. The summed E-state index contributed by atoms with van der Waals surface area (Å²) in [5.41, 5.74) is 9.65. The molecule has 1 aliphatic heterocycles. The number of nitrogens with two attached hydrogens (primary N) is 1. The van der Waals surface area contributed by atoms with E-state index in [4.69, 9.17) is 5.73 Å². The highest BCUT2D eigenvalue weighted by Gasteiger charge is 2.25. The number of rotatable bonds is 3. The lowest BCUT2D eigenvalue weighted by Crippen LogP contribution is -2.45. The van der Waals surface area contributed by atoms with E-state index in [2.05, 4.69) is 24.1 Å². The van der Waals surface area contributed by atoms with E-state index in [-0.39, 0.29) is 5.91 Å². The molecule has 0 spiro atoms. The Labute approximate surface area is 137 Å². The van der Waals surface area contributed by atoms with Crippen LogP contribution in [0.25, 0.3) is 0 Å². The average Bonchev–Trinajstić information content (AvgIpc) is 2.75. The summed E-state index contributed by atoms with van der Waals surface area (Å²) in [6.45, 7) is 2.15. The molecule has 0 saturated heterocycles. The third-order valence-corrected chi connectivity index (χ3v) is 4.40. The van der Waals surface area contributed by atoms with Gasteiger partial charge in [-0.15, -0.1) is 0 Å². The van der Waals surface area contributed by atoms with E-state index < -0.39 is 6.04 Å². The van der Waals surface area contributed by atoms with Crippen molar-refractivity contribution in [3.63, 3.8) is 0 Å². The largest absolute Gasteiger partial charge is 0.373 e. The maximum absolute atomic E-state index is 12.8. The Bertz CT molecular complexity index is 671. The smallest absolute Gasteiger partial charge is 0.240 e. The van der Waals surface area contributed by atoms with Gasteiger partial charge < -0.3 is 15.5 Å². The third kappa shape index (κ3) is 3.54. The van der Waals surface area contributed by atoms with Crippen molar-refractivity contribution in [2.24, 2.45) is 5.73 Å². The predicted molar refractivity (Wildman–Crippen MR) is 93.3 cm³/mol. The fourth-order valence-corrected chi connectivity index (χ4v) is 3.07. The van der Waals surface area contributed by atoms with E-state index in [0.29, 0.717) is 19.5 Å². The first-order valence-electron chi connectivity index (χ1n) is 8.02. The van der Waals surface area contributed by atoms with Gasteiger partial charge in [-0.3, -0.25) is 4.79 Å². The fraction of sp³-hybridized carbons (Fsp3) is 0.316. The zero-order valence-corrected chi connectivity index (χ0v) is 13.5. The van der Waals surface area contributed by atoms with Crippen LogP contribution < -0.4 is 10.6 Å². The van der Waals surface area contributed by atoms with Crippen molar-refractivity contribution in [1.82, 2.24) is 4.90 Å². The summed E-state index contributed by atoms with van der Waals surface area (Å²) >= 11 is 0. The van der Waals surface area contributed by atoms with Gasteiger partial charge in [-0.05, 0) is 23.6 Å². The number of benzene rings is 2. The molecular weight excluding hydrogens is 286 g/mol. The molecule has 0 saturated carbocycles. The summed E-state index contributed by atoms with van der Waals surface area (Å²) in [7, 11) is 2.07. The summed E-state index contributed by atoms with van der Waals surface area (Å²) in [4.78, 5) is 16.8. The maximum atomic E-state index is 12.8. The van der Waals surface area contributed by atoms with E-state index in [9.17, 15) is 4.79 Å². The first-order chi connectivity index (χ1) is 11.1. The molecule has 2 N–H and O–H groups in total. The number of fused-ring (bicyclic) bond motifs is 1. The van der Waals surface area contributed by atoms with Gasteiger partial charge in [-0.2, -0.15) is 0 Å². The highest BCUT2D eigenvalue weighted by Crippen LogP contribution is 2.24. The zero-order valence-electron chi connectivity index (χ0n) is 13.5. The molecule has 2 aromatic carbocycles. The van der Waals surface area contributed by atoms with E-state index >= 15 is 0 Å². The average molecular weight is 309 g/mol. The van der Waals surface area contributed by atoms with E-state index in [0.717, 1.165) is 12.1 Å². The van der Waals surface area contributed by atoms with Gasteiger partial charge in [0.15, 0.2) is 0 Å². The first kappa shape index (κ1) is 15.6. The van der Waals surface area contributed by atoms with Crippen molar-refractivity contribution in [1.29, 1.82) is 0 Å². The lowest BCUT2D eigenvalue weighted by molar-refractivity contribution is -0.133. The van der Waals surface area contributed by atoms with Crippen LogP contribution in [-0.2, 0) is 17.8 Å². The molecule has 120 valence electrons. The SMILES string of the molecule is CN1CCN(C(=O)C(N)Cc2ccccc2)Cc2ccccc21. The van der Waals surface area contributed by atoms with Gasteiger partial charge in [0.1, 0.15) is 0 Å². The number of carbonyl (C=O) groups is 1. The number of para-hydroxylation sites is 1. The van der Waals surface area contributed by atoms with E-state index in [1.165, 1.54) is 11.3 Å². The Morgan fingerprint density at radius 3 is 2.57 bits per heavy atom. The Morgan fingerprint density at radius 1 is 1.09 bits per heavy atom. The standard InChI is InChI=1S/C19H23N3O/c1-21-11-12-22(14-16-9-5-6-10-18(16)21)19(23)17(20)13-15-7-3-2-4-8-15/h2-10,17H,11-14,20H2,1H3. The number of carbonyl (C=O) groups excluding carboxylic acids is 1. The fourth-order valence-electron chi connectivity index (χ4n) is 3.07. The van der Waals surface area contributed by atoms with Crippen molar-refractivity contribution in [2.75, 3.05) is 25.0 Å². The van der Waals surface area contributed by atoms with Crippen molar-refractivity contribution in [3.8, 4) is 0 Å². The molecule has 0 fully saturated rings. The second-order valence-corrected chi connectivity index (χ2v) is 6.11. The molecule has 1 unspecified atom stereocenters. The molecule has 4 heteroatoms. The molecule has 4 nitrogen and oxygen atoms in total. The second kappa shape index (κ2) is 6.84. The number of amides is 1. The van der Waals surface area contributed by atoms with E-state index in [1.807, 2.05) is 47.4 Å². The molecule has 0 aromatic heterocycles. The summed E-state index contributed by atoms with van der Waals surface area (Å²) in [6, 6.07) is 17.7. The summed E-state index contributed by atoms with van der Waals surface area (Å²) in [5.74, 6) is 0.0268. The number of hydrogen-bond donors (Lipinski definition) is 1. The van der Waals surface area contributed by atoms with Gasteiger partial charge >= 0.3 is 0 Å². The molecule has 1 heterocycles. The van der Waals surface area contributed by atoms with Gasteiger partial charge in [0.25, 0.3) is 0 Å². The van der Waals surface area contributed by atoms with Gasteiger partial charge in [-0.1, -0.05) is 48.5 Å². The normalized spacial score (nSPS) is 15.7. The van der Waals surface area contributed by atoms with Crippen molar-refractivity contribution in [2.45, 2.75) is 19.0 Å². The predicted octanol–water partition coefficient (Wildman–Crippen LogP) is 2.04. The second-order valence-electron chi connectivity index (χ2n) is 6.11. The monoisotopic (exact) mass is 309 g/mol. The van der Waals surface area contributed by atoms with Crippen molar-refractivity contribution in [3.05, 3.63) is 65.7 Å². The Balaban J connectivity index is 1.72. The molecule has 0 bridgehead atoms. The molecule has 0 aliphatic carbocycles. The first-order valence-corrected chi connectivity index (χ1v) is 8.02. The lowest BCUT2D eigenvalue weighted by atomic mass is 10.1.